The average molecular weight is 272 g/mol. The lowest BCUT2D eigenvalue weighted by Crippen LogP contribution is -2.44. The number of nitrogens with zero attached hydrogens (tertiary/aromatic N) is 1. The highest BCUT2D eigenvalue weighted by molar-refractivity contribution is 5.78. The number of ether oxygens (including phenoxy) is 2. The van der Waals surface area contributed by atoms with Crippen LogP contribution in [0.2, 0.25) is 0 Å². The summed E-state index contributed by atoms with van der Waals surface area (Å²) in [6.45, 7) is 5.86. The summed E-state index contributed by atoms with van der Waals surface area (Å²) in [5.41, 5.74) is 0. The van der Waals surface area contributed by atoms with Gasteiger partial charge in [-0.1, -0.05) is 6.92 Å². The van der Waals surface area contributed by atoms with E-state index in [1.54, 1.807) is 7.11 Å². The van der Waals surface area contributed by atoms with E-state index in [1.807, 2.05) is 18.9 Å². The van der Waals surface area contributed by atoms with Crippen molar-refractivity contribution in [2.75, 3.05) is 47.0 Å². The van der Waals surface area contributed by atoms with Crippen LogP contribution in [0.4, 0.5) is 0 Å². The van der Waals surface area contributed by atoms with Gasteiger partial charge in [-0.3, -0.25) is 4.79 Å². The van der Waals surface area contributed by atoms with Crippen LogP contribution in [0.25, 0.3) is 0 Å². The molecule has 0 aromatic carbocycles. The summed E-state index contributed by atoms with van der Waals surface area (Å²) in [5, 5.41) is 3.05. The van der Waals surface area contributed by atoms with Crippen LogP contribution < -0.4 is 5.32 Å². The molecule has 0 bridgehead atoms. The second-order valence-corrected chi connectivity index (χ2v) is 5.20. The number of carbonyl (C=O) groups excluding carboxylic acids is 1. The molecule has 0 radical (unpaired) electrons. The SMILES string of the molecule is CNCC(C)C(=O)N1CCC(OCCCOC)CC1. The first-order valence-electron chi connectivity index (χ1n) is 7.23. The molecule has 0 aliphatic carbocycles. The number of rotatable bonds is 8. The highest BCUT2D eigenvalue weighted by Gasteiger charge is 2.25. The van der Waals surface area contributed by atoms with Crippen molar-refractivity contribution < 1.29 is 14.3 Å². The number of hydrogen-bond donors (Lipinski definition) is 1. The van der Waals surface area contributed by atoms with E-state index in [1.165, 1.54) is 0 Å². The molecule has 0 aromatic rings. The van der Waals surface area contributed by atoms with Gasteiger partial charge in [-0.05, 0) is 26.3 Å². The molecule has 1 rings (SSSR count). The number of likely N-dealkylation sites (tertiary alicyclic amines) is 1. The molecule has 0 spiro atoms. The van der Waals surface area contributed by atoms with Crippen molar-refractivity contribution in [1.29, 1.82) is 0 Å². The van der Waals surface area contributed by atoms with Crippen LogP contribution in [0.3, 0.4) is 0 Å². The molecule has 1 heterocycles. The monoisotopic (exact) mass is 272 g/mol. The zero-order chi connectivity index (χ0) is 14.1. The predicted molar refractivity (Wildman–Crippen MR) is 75.1 cm³/mol. The maximum atomic E-state index is 12.1. The molecule has 19 heavy (non-hydrogen) atoms. The average Bonchev–Trinajstić information content (AvgIpc) is 2.44. The largest absolute Gasteiger partial charge is 0.385 e. The molecule has 1 fully saturated rings. The van der Waals surface area contributed by atoms with Crippen LogP contribution >= 0.6 is 0 Å². The Morgan fingerprint density at radius 2 is 2.05 bits per heavy atom. The van der Waals surface area contributed by atoms with Crippen LogP contribution in [-0.2, 0) is 14.3 Å². The van der Waals surface area contributed by atoms with Gasteiger partial charge in [0.15, 0.2) is 0 Å². The lowest BCUT2D eigenvalue weighted by molar-refractivity contribution is -0.137. The highest BCUT2D eigenvalue weighted by atomic mass is 16.5. The Morgan fingerprint density at radius 3 is 2.63 bits per heavy atom. The van der Waals surface area contributed by atoms with Gasteiger partial charge in [0, 0.05) is 45.9 Å². The van der Waals surface area contributed by atoms with Crippen molar-refractivity contribution in [3.63, 3.8) is 0 Å². The molecule has 1 atom stereocenters. The van der Waals surface area contributed by atoms with Crippen molar-refractivity contribution in [3.05, 3.63) is 0 Å². The first-order chi connectivity index (χ1) is 9.19. The lowest BCUT2D eigenvalue weighted by atomic mass is 10.0. The molecule has 0 saturated carbocycles. The second-order valence-electron chi connectivity index (χ2n) is 5.20. The molecule has 1 amide bonds. The van der Waals surface area contributed by atoms with Crippen molar-refractivity contribution in [3.8, 4) is 0 Å². The zero-order valence-corrected chi connectivity index (χ0v) is 12.5. The Kier molecular flexibility index (Phi) is 8.02. The van der Waals surface area contributed by atoms with Gasteiger partial charge in [0.2, 0.25) is 5.91 Å². The minimum Gasteiger partial charge on any atom is -0.385 e. The minimum absolute atomic E-state index is 0.0594. The van der Waals surface area contributed by atoms with E-state index in [0.717, 1.165) is 52.1 Å². The first kappa shape index (κ1) is 16.4. The smallest absolute Gasteiger partial charge is 0.226 e. The summed E-state index contributed by atoms with van der Waals surface area (Å²) in [5.74, 6) is 0.316. The summed E-state index contributed by atoms with van der Waals surface area (Å²) in [6, 6.07) is 0. The maximum absolute atomic E-state index is 12.1. The Hall–Kier alpha value is -0.650. The van der Waals surface area contributed by atoms with Crippen LogP contribution in [0.1, 0.15) is 26.2 Å². The van der Waals surface area contributed by atoms with E-state index in [4.69, 9.17) is 9.47 Å². The highest BCUT2D eigenvalue weighted by Crippen LogP contribution is 2.16. The number of methoxy groups -OCH3 is 1. The molecule has 1 aliphatic heterocycles. The molecule has 5 nitrogen and oxygen atoms in total. The molecule has 1 unspecified atom stereocenters. The quantitative estimate of drug-likeness (QED) is 0.667. The summed E-state index contributed by atoms with van der Waals surface area (Å²) in [6.07, 6.45) is 3.14. The molecule has 5 heteroatoms. The molecule has 1 saturated heterocycles. The van der Waals surface area contributed by atoms with Crippen molar-refractivity contribution >= 4 is 5.91 Å². The minimum atomic E-state index is 0.0594. The van der Waals surface area contributed by atoms with Gasteiger partial charge in [-0.25, -0.2) is 0 Å². The van der Waals surface area contributed by atoms with E-state index in [0.29, 0.717) is 6.10 Å². The van der Waals surface area contributed by atoms with Gasteiger partial charge in [0.05, 0.1) is 6.10 Å². The van der Waals surface area contributed by atoms with Crippen molar-refractivity contribution in [2.24, 2.45) is 5.92 Å². The van der Waals surface area contributed by atoms with Gasteiger partial charge in [0.25, 0.3) is 0 Å². The second kappa shape index (κ2) is 9.28. The van der Waals surface area contributed by atoms with Crippen molar-refractivity contribution in [2.45, 2.75) is 32.3 Å². The van der Waals surface area contributed by atoms with Gasteiger partial charge in [0.1, 0.15) is 0 Å². The van der Waals surface area contributed by atoms with Crippen LogP contribution in [-0.4, -0.2) is 63.9 Å². The van der Waals surface area contributed by atoms with E-state index in [2.05, 4.69) is 5.32 Å². The molecular formula is C14H28N2O3. The summed E-state index contributed by atoms with van der Waals surface area (Å²) >= 11 is 0. The topological polar surface area (TPSA) is 50.8 Å². The van der Waals surface area contributed by atoms with Gasteiger partial charge in [-0.15, -0.1) is 0 Å². The Balaban J connectivity index is 2.19. The summed E-state index contributed by atoms with van der Waals surface area (Å²) in [4.78, 5) is 14.1. The van der Waals surface area contributed by atoms with Crippen LogP contribution in [0.15, 0.2) is 0 Å². The zero-order valence-electron chi connectivity index (χ0n) is 12.5. The van der Waals surface area contributed by atoms with Gasteiger partial charge >= 0.3 is 0 Å². The molecule has 0 aromatic heterocycles. The number of nitrogens with one attached hydrogen (secondary N) is 1. The molecule has 112 valence electrons. The van der Waals surface area contributed by atoms with E-state index in [9.17, 15) is 4.79 Å². The summed E-state index contributed by atoms with van der Waals surface area (Å²) < 4.78 is 10.8. The molecule has 1 N–H and O–H groups in total. The third-order valence-electron chi connectivity index (χ3n) is 3.53. The Bertz CT molecular complexity index is 253. The Morgan fingerprint density at radius 1 is 1.37 bits per heavy atom. The number of hydrogen-bond acceptors (Lipinski definition) is 4. The fourth-order valence-electron chi connectivity index (χ4n) is 2.40. The van der Waals surface area contributed by atoms with E-state index in [-0.39, 0.29) is 11.8 Å². The standard InChI is InChI=1S/C14H28N2O3/c1-12(11-15-2)14(17)16-7-5-13(6-8-16)19-10-4-9-18-3/h12-13,15H,4-11H2,1-3H3. The van der Waals surface area contributed by atoms with E-state index >= 15 is 0 Å². The summed E-state index contributed by atoms with van der Waals surface area (Å²) in [7, 11) is 3.58. The fourth-order valence-corrected chi connectivity index (χ4v) is 2.40. The third-order valence-corrected chi connectivity index (χ3v) is 3.53. The normalized spacial score (nSPS) is 18.6. The number of amides is 1. The third kappa shape index (κ3) is 5.89. The molecular weight excluding hydrogens is 244 g/mol. The predicted octanol–water partition coefficient (Wildman–Crippen LogP) is 0.886. The Labute approximate surface area is 116 Å². The lowest BCUT2D eigenvalue weighted by Gasteiger charge is -2.33. The van der Waals surface area contributed by atoms with Crippen LogP contribution in [0.5, 0.6) is 0 Å². The van der Waals surface area contributed by atoms with Gasteiger partial charge < -0.3 is 19.7 Å². The fraction of sp³-hybridized carbons (Fsp3) is 0.929. The number of piperidine rings is 1. The first-order valence-corrected chi connectivity index (χ1v) is 7.23. The molecule has 1 aliphatic rings. The number of carbonyl (C=O) groups is 1. The van der Waals surface area contributed by atoms with E-state index < -0.39 is 0 Å². The maximum Gasteiger partial charge on any atom is 0.226 e. The van der Waals surface area contributed by atoms with Crippen LogP contribution in [0, 0.1) is 5.92 Å². The van der Waals surface area contributed by atoms with Gasteiger partial charge in [-0.2, -0.15) is 0 Å². The van der Waals surface area contributed by atoms with Crippen molar-refractivity contribution in [1.82, 2.24) is 10.2 Å².